The number of carbonyl (C=O) groups is 1. The summed E-state index contributed by atoms with van der Waals surface area (Å²) in [7, 11) is 0. The lowest BCUT2D eigenvalue weighted by atomic mass is 10.3. The number of aryl methyl sites for hydroxylation is 1. The first-order valence-corrected chi connectivity index (χ1v) is 6.48. The van der Waals surface area contributed by atoms with Crippen molar-refractivity contribution in [3.63, 3.8) is 0 Å². The number of hydrogen-bond donors (Lipinski definition) is 2. The molecule has 1 rings (SSSR count). The minimum absolute atomic E-state index is 0.0218. The number of amides is 2. The Kier molecular flexibility index (Phi) is 5.37. The van der Waals surface area contributed by atoms with Crippen molar-refractivity contribution in [2.45, 2.75) is 26.8 Å². The lowest BCUT2D eigenvalue weighted by Gasteiger charge is -2.22. The monoisotopic (exact) mass is 257 g/mol. The van der Waals surface area contributed by atoms with Gasteiger partial charge in [0.05, 0.1) is 12.6 Å². The first kappa shape index (κ1) is 13.9. The zero-order valence-electron chi connectivity index (χ0n) is 10.4. The van der Waals surface area contributed by atoms with Crippen molar-refractivity contribution in [2.24, 2.45) is 0 Å². The number of aliphatic hydroxyl groups excluding tert-OH is 1. The number of hydrogen-bond acceptors (Lipinski definition) is 4. The van der Waals surface area contributed by atoms with Crippen LogP contribution in [0.1, 0.15) is 29.8 Å². The van der Waals surface area contributed by atoms with Gasteiger partial charge in [-0.3, -0.25) is 0 Å². The summed E-state index contributed by atoms with van der Waals surface area (Å²) in [6.45, 7) is 6.68. The predicted octanol–water partition coefficient (Wildman–Crippen LogP) is 1.54. The zero-order chi connectivity index (χ0) is 12.8. The lowest BCUT2D eigenvalue weighted by molar-refractivity contribution is 0.178. The summed E-state index contributed by atoms with van der Waals surface area (Å²) in [6.07, 6.45) is 1.80. The number of urea groups is 1. The minimum atomic E-state index is -0.165. The second-order valence-electron chi connectivity index (χ2n) is 3.78. The molecule has 0 aliphatic heterocycles. The average Bonchev–Trinajstić information content (AvgIpc) is 2.72. The highest BCUT2D eigenvalue weighted by atomic mass is 32.1. The molecule has 0 aliphatic rings. The maximum Gasteiger partial charge on any atom is 0.318 e. The fourth-order valence-corrected chi connectivity index (χ4v) is 2.21. The summed E-state index contributed by atoms with van der Waals surface area (Å²) in [5.41, 5.74) is 0. The van der Waals surface area contributed by atoms with Crippen molar-refractivity contribution in [1.82, 2.24) is 15.2 Å². The quantitative estimate of drug-likeness (QED) is 0.841. The molecule has 5 nitrogen and oxygen atoms in total. The standard InChI is InChI=1S/C11H19N3O2S/c1-4-14(5-6-15)11(16)13-9(3)10-12-7-8(2)17-10/h7,9,15H,4-6H2,1-3H3,(H,13,16). The molecule has 2 N–H and O–H groups in total. The van der Waals surface area contributed by atoms with E-state index in [-0.39, 0.29) is 18.7 Å². The molecule has 1 aromatic heterocycles. The second kappa shape index (κ2) is 6.56. The molecule has 1 aromatic rings. The van der Waals surface area contributed by atoms with Gasteiger partial charge >= 0.3 is 6.03 Å². The van der Waals surface area contributed by atoms with E-state index in [1.807, 2.05) is 20.8 Å². The van der Waals surface area contributed by atoms with E-state index in [0.717, 1.165) is 9.88 Å². The normalized spacial score (nSPS) is 12.2. The van der Waals surface area contributed by atoms with Crippen LogP contribution in [0, 0.1) is 6.92 Å². The van der Waals surface area contributed by atoms with Gasteiger partial charge in [-0.15, -0.1) is 11.3 Å². The Morgan fingerprint density at radius 2 is 2.41 bits per heavy atom. The molecule has 0 bridgehead atoms. The smallest absolute Gasteiger partial charge is 0.318 e. The first-order chi connectivity index (χ1) is 8.08. The first-order valence-electron chi connectivity index (χ1n) is 5.67. The molecule has 17 heavy (non-hydrogen) atoms. The van der Waals surface area contributed by atoms with Crippen LogP contribution in [0.4, 0.5) is 4.79 Å². The molecule has 0 radical (unpaired) electrons. The van der Waals surface area contributed by atoms with Crippen LogP contribution < -0.4 is 5.32 Å². The molecule has 0 aliphatic carbocycles. The Bertz CT molecular complexity index is 367. The summed E-state index contributed by atoms with van der Waals surface area (Å²) in [5, 5.41) is 12.6. The minimum Gasteiger partial charge on any atom is -0.395 e. The van der Waals surface area contributed by atoms with E-state index in [0.29, 0.717) is 13.1 Å². The van der Waals surface area contributed by atoms with Gasteiger partial charge in [-0.25, -0.2) is 9.78 Å². The van der Waals surface area contributed by atoms with Crippen LogP contribution in [0.3, 0.4) is 0 Å². The van der Waals surface area contributed by atoms with Crippen molar-refractivity contribution in [3.8, 4) is 0 Å². The number of carbonyl (C=O) groups excluding carboxylic acids is 1. The molecule has 0 aromatic carbocycles. The van der Waals surface area contributed by atoms with E-state index < -0.39 is 0 Å². The molecule has 96 valence electrons. The second-order valence-corrected chi connectivity index (χ2v) is 5.05. The SMILES string of the molecule is CCN(CCO)C(=O)NC(C)c1ncc(C)s1. The molecule has 2 amide bonds. The van der Waals surface area contributed by atoms with E-state index in [1.54, 1.807) is 22.4 Å². The number of aliphatic hydroxyl groups is 1. The van der Waals surface area contributed by atoms with Crippen LogP contribution >= 0.6 is 11.3 Å². The molecule has 6 heteroatoms. The molecular formula is C11H19N3O2S. The summed E-state index contributed by atoms with van der Waals surface area (Å²) in [5.74, 6) is 0. The zero-order valence-corrected chi connectivity index (χ0v) is 11.3. The summed E-state index contributed by atoms with van der Waals surface area (Å²) in [4.78, 5) is 18.8. The Labute approximate surface area is 105 Å². The number of rotatable bonds is 5. The third kappa shape index (κ3) is 3.98. The summed E-state index contributed by atoms with van der Waals surface area (Å²) >= 11 is 1.58. The number of thiazole rings is 1. The Morgan fingerprint density at radius 3 is 2.88 bits per heavy atom. The van der Waals surface area contributed by atoms with Gasteiger partial charge in [0.15, 0.2) is 0 Å². The van der Waals surface area contributed by atoms with Gasteiger partial charge in [-0.05, 0) is 20.8 Å². The maximum atomic E-state index is 11.8. The van der Waals surface area contributed by atoms with Gasteiger partial charge in [-0.2, -0.15) is 0 Å². The highest BCUT2D eigenvalue weighted by Gasteiger charge is 2.16. The van der Waals surface area contributed by atoms with E-state index in [4.69, 9.17) is 5.11 Å². The molecule has 0 saturated carbocycles. The fraction of sp³-hybridized carbons (Fsp3) is 0.636. The maximum absolute atomic E-state index is 11.8. The van der Waals surface area contributed by atoms with Gasteiger partial charge in [0.1, 0.15) is 5.01 Å². The van der Waals surface area contributed by atoms with Gasteiger partial charge < -0.3 is 15.3 Å². The van der Waals surface area contributed by atoms with Gasteiger partial charge in [-0.1, -0.05) is 0 Å². The fourth-order valence-electron chi connectivity index (χ4n) is 1.43. The van der Waals surface area contributed by atoms with E-state index in [9.17, 15) is 4.79 Å². The Hall–Kier alpha value is -1.14. The number of nitrogens with zero attached hydrogens (tertiary/aromatic N) is 2. The van der Waals surface area contributed by atoms with Crippen LogP contribution in [0.2, 0.25) is 0 Å². The van der Waals surface area contributed by atoms with Crippen LogP contribution in [0.25, 0.3) is 0 Å². The predicted molar refractivity (Wildman–Crippen MR) is 68.1 cm³/mol. The topological polar surface area (TPSA) is 65.5 Å². The highest BCUT2D eigenvalue weighted by Crippen LogP contribution is 2.18. The highest BCUT2D eigenvalue weighted by molar-refractivity contribution is 7.11. The molecule has 1 heterocycles. The summed E-state index contributed by atoms with van der Waals surface area (Å²) < 4.78 is 0. The third-order valence-electron chi connectivity index (χ3n) is 2.39. The van der Waals surface area contributed by atoms with Gasteiger partial charge in [0.25, 0.3) is 0 Å². The molecule has 0 fully saturated rings. The lowest BCUT2D eigenvalue weighted by Crippen LogP contribution is -2.42. The van der Waals surface area contributed by atoms with Crippen molar-refractivity contribution in [1.29, 1.82) is 0 Å². The third-order valence-corrected chi connectivity index (χ3v) is 3.48. The number of nitrogens with one attached hydrogen (secondary N) is 1. The number of likely N-dealkylation sites (N-methyl/N-ethyl adjacent to an activating group) is 1. The molecule has 1 unspecified atom stereocenters. The van der Waals surface area contributed by atoms with Crippen molar-refractivity contribution >= 4 is 17.4 Å². The van der Waals surface area contributed by atoms with E-state index in [2.05, 4.69) is 10.3 Å². The van der Waals surface area contributed by atoms with Crippen LogP contribution in [0.15, 0.2) is 6.20 Å². The number of aromatic nitrogens is 1. The largest absolute Gasteiger partial charge is 0.395 e. The van der Waals surface area contributed by atoms with Crippen LogP contribution in [-0.2, 0) is 0 Å². The van der Waals surface area contributed by atoms with Crippen molar-refractivity contribution < 1.29 is 9.90 Å². The van der Waals surface area contributed by atoms with E-state index in [1.165, 1.54) is 0 Å². The van der Waals surface area contributed by atoms with Crippen molar-refractivity contribution in [2.75, 3.05) is 19.7 Å². The van der Waals surface area contributed by atoms with Crippen LogP contribution in [0.5, 0.6) is 0 Å². The Balaban J connectivity index is 2.55. The summed E-state index contributed by atoms with van der Waals surface area (Å²) in [6, 6.07) is -0.268. The van der Waals surface area contributed by atoms with E-state index >= 15 is 0 Å². The molecule has 0 saturated heterocycles. The molecular weight excluding hydrogens is 238 g/mol. The molecule has 0 spiro atoms. The molecule has 1 atom stereocenters. The average molecular weight is 257 g/mol. The van der Waals surface area contributed by atoms with Crippen LogP contribution in [-0.4, -0.2) is 40.7 Å². The Morgan fingerprint density at radius 1 is 1.71 bits per heavy atom. The van der Waals surface area contributed by atoms with Gasteiger partial charge in [0.2, 0.25) is 0 Å². The van der Waals surface area contributed by atoms with Crippen molar-refractivity contribution in [3.05, 3.63) is 16.1 Å². The van der Waals surface area contributed by atoms with Gasteiger partial charge in [0, 0.05) is 24.2 Å².